The zero-order chi connectivity index (χ0) is 26.8. The average Bonchev–Trinajstić information content (AvgIpc) is 3.36. The Morgan fingerprint density at radius 1 is 1.16 bits per heavy atom. The van der Waals surface area contributed by atoms with E-state index < -0.39 is 12.0 Å². The molecule has 0 saturated carbocycles. The highest BCUT2D eigenvalue weighted by Gasteiger charge is 2.27. The summed E-state index contributed by atoms with van der Waals surface area (Å²) in [5.41, 5.74) is 2.43. The Bertz CT molecular complexity index is 864. The number of nitrogens with zero attached hydrogens (tertiary/aromatic N) is 3. The van der Waals surface area contributed by atoms with Crippen LogP contribution >= 0.6 is 0 Å². The summed E-state index contributed by atoms with van der Waals surface area (Å²) in [6.45, 7) is 11.8. The lowest BCUT2D eigenvalue weighted by Gasteiger charge is -2.32. The number of nitrogens with one attached hydrogen (secondary N) is 2. The molecule has 2 aliphatic rings. The number of aryl methyl sites for hydroxylation is 2. The smallest absolute Gasteiger partial charge is 0.326 e. The van der Waals surface area contributed by atoms with Gasteiger partial charge in [-0.3, -0.25) is 0 Å². The number of aliphatic carboxylic acids is 1. The second-order valence-electron chi connectivity index (χ2n) is 11.0. The zero-order valence-electron chi connectivity index (χ0n) is 23.2. The van der Waals surface area contributed by atoms with Crippen molar-refractivity contribution >= 4 is 17.8 Å². The number of carboxylic acid groups (broad SMARTS) is 1. The van der Waals surface area contributed by atoms with Gasteiger partial charge in [-0.1, -0.05) is 6.07 Å². The van der Waals surface area contributed by atoms with Gasteiger partial charge in [0.1, 0.15) is 11.9 Å². The van der Waals surface area contributed by atoms with Gasteiger partial charge < -0.3 is 30.3 Å². The van der Waals surface area contributed by atoms with E-state index in [1.165, 1.54) is 5.56 Å². The lowest BCUT2D eigenvalue weighted by atomic mass is 10.1. The van der Waals surface area contributed by atoms with Crippen LogP contribution < -0.4 is 10.6 Å². The molecule has 1 aromatic rings. The van der Waals surface area contributed by atoms with Crippen molar-refractivity contribution in [2.45, 2.75) is 103 Å². The number of amides is 2. The summed E-state index contributed by atoms with van der Waals surface area (Å²) in [6.07, 6.45) is 7.87. The summed E-state index contributed by atoms with van der Waals surface area (Å²) < 4.78 is 5.86. The Kier molecular flexibility index (Phi) is 11.4. The van der Waals surface area contributed by atoms with Gasteiger partial charge in [0.2, 0.25) is 0 Å². The van der Waals surface area contributed by atoms with Gasteiger partial charge in [0.05, 0.1) is 6.10 Å². The topological polar surface area (TPSA) is 107 Å². The third kappa shape index (κ3) is 9.14. The Hall–Kier alpha value is -2.39. The van der Waals surface area contributed by atoms with Gasteiger partial charge in [0.15, 0.2) is 0 Å². The molecule has 1 saturated heterocycles. The van der Waals surface area contributed by atoms with Crippen LogP contribution in [0.1, 0.15) is 77.5 Å². The Morgan fingerprint density at radius 2 is 1.95 bits per heavy atom. The first-order valence-electron chi connectivity index (χ1n) is 14.1. The first-order valence-corrected chi connectivity index (χ1v) is 14.1. The highest BCUT2D eigenvalue weighted by Crippen LogP contribution is 2.20. The Morgan fingerprint density at radius 3 is 2.62 bits per heavy atom. The van der Waals surface area contributed by atoms with Crippen LogP contribution in [0.25, 0.3) is 0 Å². The second kappa shape index (κ2) is 14.5. The second-order valence-corrected chi connectivity index (χ2v) is 11.0. The maximum absolute atomic E-state index is 12.8. The molecule has 208 valence electrons. The molecular weight excluding hydrogens is 470 g/mol. The van der Waals surface area contributed by atoms with E-state index in [2.05, 4.69) is 27.7 Å². The van der Waals surface area contributed by atoms with Crippen molar-refractivity contribution < 1.29 is 19.4 Å². The monoisotopic (exact) mass is 517 g/mol. The number of hydrogen-bond acceptors (Lipinski definition) is 6. The van der Waals surface area contributed by atoms with E-state index in [0.29, 0.717) is 13.0 Å². The van der Waals surface area contributed by atoms with E-state index in [1.807, 2.05) is 27.7 Å². The standard InChI is InChI=1S/C28H47N5O4/c1-20(2)33(21(3)4)28(36)31-25(27(34)35)14-17-32(19-24-11-8-18-37-24)16-6-5-10-23-13-12-22-9-7-15-29-26(22)30-23/h12-13,20-21,24-25H,5-11,14-19H2,1-4H3,(H,29,30)(H,31,36)(H,34,35). The quantitative estimate of drug-likeness (QED) is 0.321. The van der Waals surface area contributed by atoms with Gasteiger partial charge in [0, 0.05) is 44.0 Å². The number of carboxylic acids is 1. The fourth-order valence-corrected chi connectivity index (χ4v) is 5.38. The van der Waals surface area contributed by atoms with Crippen LogP contribution in [-0.2, 0) is 22.4 Å². The minimum absolute atomic E-state index is 0.00848. The molecule has 2 atom stereocenters. The number of carbonyl (C=O) groups is 2. The van der Waals surface area contributed by atoms with Crippen LogP contribution in [0.4, 0.5) is 10.6 Å². The Labute approximate surface area is 222 Å². The minimum atomic E-state index is -0.995. The number of rotatable bonds is 14. The molecule has 3 N–H and O–H groups in total. The Balaban J connectivity index is 1.52. The van der Waals surface area contributed by atoms with Crippen molar-refractivity contribution in [3.05, 3.63) is 23.4 Å². The van der Waals surface area contributed by atoms with Crippen molar-refractivity contribution in [3.63, 3.8) is 0 Å². The SMILES string of the molecule is CC(C)N(C(=O)NC(CCN(CCCCc1ccc2c(n1)NCCC2)CC1CCCO1)C(=O)O)C(C)C. The van der Waals surface area contributed by atoms with Crippen LogP contribution in [0, 0.1) is 0 Å². The van der Waals surface area contributed by atoms with Crippen LogP contribution in [-0.4, -0.2) is 88.9 Å². The zero-order valence-corrected chi connectivity index (χ0v) is 23.2. The first-order chi connectivity index (χ1) is 17.7. The van der Waals surface area contributed by atoms with Crippen molar-refractivity contribution in [3.8, 4) is 0 Å². The molecule has 1 fully saturated rings. The number of ether oxygens (including phenoxy) is 1. The normalized spacial score (nSPS) is 18.1. The van der Waals surface area contributed by atoms with Crippen molar-refractivity contribution in [1.82, 2.24) is 20.1 Å². The molecule has 37 heavy (non-hydrogen) atoms. The van der Waals surface area contributed by atoms with Gasteiger partial charge in [-0.05, 0) is 97.2 Å². The third-order valence-corrected chi connectivity index (χ3v) is 7.27. The van der Waals surface area contributed by atoms with Gasteiger partial charge >= 0.3 is 12.0 Å². The maximum Gasteiger partial charge on any atom is 0.326 e. The highest BCUT2D eigenvalue weighted by atomic mass is 16.5. The fraction of sp³-hybridized carbons (Fsp3) is 0.750. The fourth-order valence-electron chi connectivity index (χ4n) is 5.38. The number of hydrogen-bond donors (Lipinski definition) is 3. The number of anilines is 1. The number of unbranched alkanes of at least 4 members (excludes halogenated alkanes) is 1. The number of aromatic nitrogens is 1. The average molecular weight is 518 g/mol. The molecule has 0 aliphatic carbocycles. The molecule has 0 spiro atoms. The summed E-state index contributed by atoms with van der Waals surface area (Å²) >= 11 is 0. The van der Waals surface area contributed by atoms with Crippen LogP contribution in [0.15, 0.2) is 12.1 Å². The minimum Gasteiger partial charge on any atom is -0.480 e. The van der Waals surface area contributed by atoms with Crippen molar-refractivity contribution in [2.75, 3.05) is 38.1 Å². The molecule has 9 nitrogen and oxygen atoms in total. The van der Waals surface area contributed by atoms with Gasteiger partial charge in [0.25, 0.3) is 0 Å². The molecule has 3 rings (SSSR count). The molecule has 1 aromatic heterocycles. The third-order valence-electron chi connectivity index (χ3n) is 7.27. The van der Waals surface area contributed by atoms with E-state index in [0.717, 1.165) is 82.7 Å². The number of pyridine rings is 1. The molecular formula is C28H47N5O4. The van der Waals surface area contributed by atoms with Crippen LogP contribution in [0.5, 0.6) is 0 Å². The predicted molar refractivity (Wildman–Crippen MR) is 146 cm³/mol. The first kappa shape index (κ1) is 29.2. The highest BCUT2D eigenvalue weighted by molar-refractivity contribution is 5.82. The lowest BCUT2D eigenvalue weighted by molar-refractivity contribution is -0.139. The van der Waals surface area contributed by atoms with E-state index >= 15 is 0 Å². The lowest BCUT2D eigenvalue weighted by Crippen LogP contribution is -2.53. The summed E-state index contributed by atoms with van der Waals surface area (Å²) in [6, 6.07) is 3.08. The predicted octanol–water partition coefficient (Wildman–Crippen LogP) is 3.92. The van der Waals surface area contributed by atoms with Gasteiger partial charge in [-0.25, -0.2) is 14.6 Å². The van der Waals surface area contributed by atoms with Crippen molar-refractivity contribution in [1.29, 1.82) is 0 Å². The molecule has 0 radical (unpaired) electrons. The summed E-state index contributed by atoms with van der Waals surface area (Å²) in [7, 11) is 0. The molecule has 2 amide bonds. The van der Waals surface area contributed by atoms with E-state index in [4.69, 9.17) is 9.72 Å². The molecule has 2 aliphatic heterocycles. The largest absolute Gasteiger partial charge is 0.480 e. The van der Waals surface area contributed by atoms with Crippen LogP contribution in [0.3, 0.4) is 0 Å². The van der Waals surface area contributed by atoms with Crippen molar-refractivity contribution in [2.24, 2.45) is 0 Å². The number of carbonyl (C=O) groups excluding carboxylic acids is 1. The van der Waals surface area contributed by atoms with Crippen LogP contribution in [0.2, 0.25) is 0 Å². The van der Waals surface area contributed by atoms with Gasteiger partial charge in [-0.15, -0.1) is 0 Å². The molecule has 0 aromatic carbocycles. The summed E-state index contributed by atoms with van der Waals surface area (Å²) in [4.78, 5) is 33.6. The maximum atomic E-state index is 12.8. The molecule has 9 heteroatoms. The summed E-state index contributed by atoms with van der Waals surface area (Å²) in [5.74, 6) is 0.0454. The molecule has 2 unspecified atom stereocenters. The van der Waals surface area contributed by atoms with E-state index in [1.54, 1.807) is 4.90 Å². The molecule has 3 heterocycles. The number of fused-ring (bicyclic) bond motifs is 1. The van der Waals surface area contributed by atoms with E-state index in [-0.39, 0.29) is 24.2 Å². The van der Waals surface area contributed by atoms with E-state index in [9.17, 15) is 14.7 Å². The van der Waals surface area contributed by atoms with Gasteiger partial charge in [-0.2, -0.15) is 0 Å². The number of urea groups is 1. The summed E-state index contributed by atoms with van der Waals surface area (Å²) in [5, 5.41) is 16.0. The molecule has 0 bridgehead atoms.